The first-order valence-electron chi connectivity index (χ1n) is 8.21. The summed E-state index contributed by atoms with van der Waals surface area (Å²) < 4.78 is 7.20. The molecule has 7 heteroatoms. The highest BCUT2D eigenvalue weighted by atomic mass is 16.6. The largest absolute Gasteiger partial charge is 0.444 e. The molecular weight excluding hydrogens is 308 g/mol. The molecule has 0 radical (unpaired) electrons. The maximum absolute atomic E-state index is 12.1. The van der Waals surface area contributed by atoms with E-state index in [1.807, 2.05) is 43.6 Å². The smallest absolute Gasteiger partial charge is 0.412 e. The number of rotatable bonds is 3. The third kappa shape index (κ3) is 3.46. The Morgan fingerprint density at radius 3 is 3.00 bits per heavy atom. The number of fused-ring (bicyclic) bond motifs is 1. The Bertz CT molecular complexity index is 735. The number of pyridine rings is 1. The number of amides is 1. The second kappa shape index (κ2) is 6.32. The van der Waals surface area contributed by atoms with Crippen LogP contribution in [0.15, 0.2) is 24.7 Å². The molecule has 1 fully saturated rings. The summed E-state index contributed by atoms with van der Waals surface area (Å²) in [5.74, 6) is 0. The van der Waals surface area contributed by atoms with E-state index >= 15 is 0 Å². The van der Waals surface area contributed by atoms with Crippen LogP contribution in [0, 0.1) is 0 Å². The van der Waals surface area contributed by atoms with Crippen LogP contribution in [0.2, 0.25) is 0 Å². The number of carbonyl (C=O) groups excluding carboxylic acids is 1. The molecule has 1 aliphatic rings. The van der Waals surface area contributed by atoms with Gasteiger partial charge in [0.2, 0.25) is 0 Å². The van der Waals surface area contributed by atoms with Crippen molar-refractivity contribution in [2.24, 2.45) is 0 Å². The molecule has 1 atom stereocenters. The SMILES string of the molecule is CC(C)(C)OC(=O)Nc1cc(N2CCC[C@H]2CO)cn2ccnc12. The minimum atomic E-state index is -0.565. The Kier molecular flexibility index (Phi) is 4.36. The number of imidazole rings is 1. The van der Waals surface area contributed by atoms with E-state index in [0.29, 0.717) is 11.3 Å². The summed E-state index contributed by atoms with van der Waals surface area (Å²) in [6, 6.07) is 2.00. The van der Waals surface area contributed by atoms with Crippen LogP contribution < -0.4 is 10.2 Å². The van der Waals surface area contributed by atoms with E-state index in [2.05, 4.69) is 15.2 Å². The number of nitrogens with one attached hydrogen (secondary N) is 1. The number of anilines is 2. The molecule has 24 heavy (non-hydrogen) atoms. The van der Waals surface area contributed by atoms with Crippen LogP contribution in [0.1, 0.15) is 33.6 Å². The van der Waals surface area contributed by atoms with Crippen molar-refractivity contribution < 1.29 is 14.6 Å². The number of hydrogen-bond donors (Lipinski definition) is 2. The average molecular weight is 332 g/mol. The molecule has 1 saturated heterocycles. The lowest BCUT2D eigenvalue weighted by atomic mass is 10.2. The van der Waals surface area contributed by atoms with E-state index in [1.54, 1.807) is 6.20 Å². The molecule has 0 saturated carbocycles. The predicted octanol–water partition coefficient (Wildman–Crippen LogP) is 2.64. The van der Waals surface area contributed by atoms with Gasteiger partial charge in [0.15, 0.2) is 5.65 Å². The van der Waals surface area contributed by atoms with Crippen molar-refractivity contribution in [1.29, 1.82) is 0 Å². The summed E-state index contributed by atoms with van der Waals surface area (Å²) in [6.45, 7) is 6.48. The minimum absolute atomic E-state index is 0.111. The topological polar surface area (TPSA) is 79.1 Å². The highest BCUT2D eigenvalue weighted by Crippen LogP contribution is 2.29. The molecule has 130 valence electrons. The lowest BCUT2D eigenvalue weighted by Crippen LogP contribution is -2.32. The molecule has 0 spiro atoms. The van der Waals surface area contributed by atoms with Gasteiger partial charge in [0.1, 0.15) is 5.60 Å². The van der Waals surface area contributed by atoms with Crippen molar-refractivity contribution in [3.05, 3.63) is 24.7 Å². The zero-order chi connectivity index (χ0) is 17.3. The summed E-state index contributed by atoms with van der Waals surface area (Å²) in [5, 5.41) is 12.4. The lowest BCUT2D eigenvalue weighted by molar-refractivity contribution is 0.0636. The van der Waals surface area contributed by atoms with Crippen LogP contribution in [0.3, 0.4) is 0 Å². The minimum Gasteiger partial charge on any atom is -0.444 e. The standard InChI is InChI=1S/C17H24N4O3/c1-17(2,3)24-16(23)19-14-9-13(10-20-8-6-18-15(14)20)21-7-4-5-12(21)11-22/h6,8-10,12,22H,4-5,7,11H2,1-3H3,(H,19,23)/t12-/m0/s1. The first-order chi connectivity index (χ1) is 11.4. The molecular formula is C17H24N4O3. The van der Waals surface area contributed by atoms with Gasteiger partial charge in [0, 0.05) is 25.1 Å². The van der Waals surface area contributed by atoms with Crippen LogP contribution in [0.4, 0.5) is 16.2 Å². The van der Waals surface area contributed by atoms with Crippen LogP contribution in [-0.4, -0.2) is 45.4 Å². The van der Waals surface area contributed by atoms with Crippen molar-refractivity contribution in [1.82, 2.24) is 9.38 Å². The first-order valence-corrected chi connectivity index (χ1v) is 8.21. The number of carbonyl (C=O) groups is 1. The molecule has 2 N–H and O–H groups in total. The monoisotopic (exact) mass is 332 g/mol. The zero-order valence-electron chi connectivity index (χ0n) is 14.3. The highest BCUT2D eigenvalue weighted by Gasteiger charge is 2.25. The van der Waals surface area contributed by atoms with Crippen molar-refractivity contribution in [2.75, 3.05) is 23.4 Å². The summed E-state index contributed by atoms with van der Waals surface area (Å²) in [6.07, 6.45) is 6.99. The molecule has 1 aliphatic heterocycles. The predicted molar refractivity (Wildman–Crippen MR) is 92.5 cm³/mol. The first kappa shape index (κ1) is 16.6. The fraction of sp³-hybridized carbons (Fsp3) is 0.529. The summed E-state index contributed by atoms with van der Waals surface area (Å²) in [5.41, 5.74) is 1.63. The van der Waals surface area contributed by atoms with Gasteiger partial charge in [-0.25, -0.2) is 9.78 Å². The van der Waals surface area contributed by atoms with Crippen LogP contribution in [0.5, 0.6) is 0 Å². The van der Waals surface area contributed by atoms with Gasteiger partial charge in [-0.2, -0.15) is 0 Å². The molecule has 1 amide bonds. The van der Waals surface area contributed by atoms with E-state index < -0.39 is 11.7 Å². The summed E-state index contributed by atoms with van der Waals surface area (Å²) >= 11 is 0. The van der Waals surface area contributed by atoms with E-state index in [0.717, 1.165) is 25.1 Å². The van der Waals surface area contributed by atoms with Crippen LogP contribution in [-0.2, 0) is 4.74 Å². The molecule has 2 aromatic rings. The van der Waals surface area contributed by atoms with E-state index in [4.69, 9.17) is 4.74 Å². The molecule has 0 aliphatic carbocycles. The zero-order valence-corrected chi connectivity index (χ0v) is 14.3. The van der Waals surface area contributed by atoms with Gasteiger partial charge in [-0.3, -0.25) is 5.32 Å². The van der Waals surface area contributed by atoms with Gasteiger partial charge in [-0.05, 0) is 39.7 Å². The van der Waals surface area contributed by atoms with E-state index in [-0.39, 0.29) is 12.6 Å². The fourth-order valence-corrected chi connectivity index (χ4v) is 3.05. The number of aromatic nitrogens is 2. The Morgan fingerprint density at radius 2 is 2.29 bits per heavy atom. The van der Waals surface area contributed by atoms with Crippen molar-refractivity contribution in [3.63, 3.8) is 0 Å². The van der Waals surface area contributed by atoms with Crippen molar-refractivity contribution >= 4 is 23.1 Å². The molecule has 0 bridgehead atoms. The maximum Gasteiger partial charge on any atom is 0.412 e. The van der Waals surface area contributed by atoms with E-state index in [1.165, 1.54) is 0 Å². The Labute approximate surface area is 141 Å². The Hall–Kier alpha value is -2.28. The van der Waals surface area contributed by atoms with Crippen LogP contribution in [0.25, 0.3) is 5.65 Å². The third-order valence-corrected chi connectivity index (χ3v) is 4.03. The molecule has 0 unspecified atom stereocenters. The van der Waals surface area contributed by atoms with Crippen LogP contribution >= 0.6 is 0 Å². The number of nitrogens with zero attached hydrogens (tertiary/aromatic N) is 3. The van der Waals surface area contributed by atoms with Crippen molar-refractivity contribution in [2.45, 2.75) is 45.3 Å². The number of aliphatic hydroxyl groups is 1. The van der Waals surface area contributed by atoms with Gasteiger partial charge in [0.25, 0.3) is 0 Å². The molecule has 3 heterocycles. The van der Waals surface area contributed by atoms with Gasteiger partial charge >= 0.3 is 6.09 Å². The number of hydrogen-bond acceptors (Lipinski definition) is 5. The quantitative estimate of drug-likeness (QED) is 0.903. The number of ether oxygens (including phenoxy) is 1. The Morgan fingerprint density at radius 1 is 1.50 bits per heavy atom. The van der Waals surface area contributed by atoms with Gasteiger partial charge in [-0.1, -0.05) is 0 Å². The van der Waals surface area contributed by atoms with E-state index in [9.17, 15) is 9.90 Å². The summed E-state index contributed by atoms with van der Waals surface area (Å²) in [4.78, 5) is 18.6. The summed E-state index contributed by atoms with van der Waals surface area (Å²) in [7, 11) is 0. The molecule has 2 aromatic heterocycles. The molecule has 0 aromatic carbocycles. The normalized spacial score (nSPS) is 18.2. The second-order valence-electron chi connectivity index (χ2n) is 7.07. The second-order valence-corrected chi connectivity index (χ2v) is 7.07. The van der Waals surface area contributed by atoms with Gasteiger partial charge < -0.3 is 19.1 Å². The lowest BCUT2D eigenvalue weighted by Gasteiger charge is -2.26. The van der Waals surface area contributed by atoms with Crippen molar-refractivity contribution in [3.8, 4) is 0 Å². The number of aliphatic hydroxyl groups excluding tert-OH is 1. The van der Waals surface area contributed by atoms with Gasteiger partial charge in [0.05, 0.1) is 24.0 Å². The third-order valence-electron chi connectivity index (χ3n) is 4.03. The average Bonchev–Trinajstić information content (AvgIpc) is 3.13. The fourth-order valence-electron chi connectivity index (χ4n) is 3.05. The Balaban J connectivity index is 1.92. The molecule has 7 nitrogen and oxygen atoms in total. The van der Waals surface area contributed by atoms with Gasteiger partial charge in [-0.15, -0.1) is 0 Å². The maximum atomic E-state index is 12.1. The highest BCUT2D eigenvalue weighted by molar-refractivity contribution is 5.91. The molecule has 3 rings (SSSR count).